The van der Waals surface area contributed by atoms with Gasteiger partial charge in [0, 0.05) is 0 Å². The van der Waals surface area contributed by atoms with Crippen LogP contribution >= 0.6 is 11.3 Å². The highest BCUT2D eigenvalue weighted by Crippen LogP contribution is 2.22. The van der Waals surface area contributed by atoms with Gasteiger partial charge in [0.1, 0.15) is 0 Å². The molecule has 0 aliphatic carbocycles. The first-order chi connectivity index (χ1) is 11.6. The Balaban J connectivity index is 1.62. The van der Waals surface area contributed by atoms with Crippen LogP contribution in [-0.2, 0) is 0 Å². The molecule has 8 heteroatoms. The van der Waals surface area contributed by atoms with Crippen LogP contribution in [0.1, 0.15) is 26.4 Å². The molecule has 0 radical (unpaired) electrons. The third-order valence-corrected chi connectivity index (χ3v) is 4.03. The van der Waals surface area contributed by atoms with Crippen LogP contribution in [-0.4, -0.2) is 28.3 Å². The van der Waals surface area contributed by atoms with Gasteiger partial charge in [0.25, 0.3) is 5.91 Å². The van der Waals surface area contributed by atoms with Crippen molar-refractivity contribution in [2.45, 2.75) is 0 Å². The van der Waals surface area contributed by atoms with Gasteiger partial charge < -0.3 is 9.90 Å². The van der Waals surface area contributed by atoms with E-state index in [1.807, 2.05) is 17.5 Å². The van der Waals surface area contributed by atoms with Crippen molar-refractivity contribution >= 4 is 29.4 Å². The Morgan fingerprint density at radius 2 is 2.04 bits per heavy atom. The first-order valence-corrected chi connectivity index (χ1v) is 7.75. The molecule has 3 rings (SSSR count). The molecule has 1 aromatic carbocycles. The fourth-order valence-corrected chi connectivity index (χ4v) is 2.62. The summed E-state index contributed by atoms with van der Waals surface area (Å²) in [5, 5.41) is 23.2. The number of aromatic carboxylic acids is 1. The van der Waals surface area contributed by atoms with Crippen molar-refractivity contribution in [2.75, 3.05) is 0 Å². The van der Waals surface area contributed by atoms with E-state index in [1.54, 1.807) is 29.5 Å². The summed E-state index contributed by atoms with van der Waals surface area (Å²) in [6, 6.07) is 11.4. The quantitative estimate of drug-likeness (QED) is 0.538. The second-order valence-corrected chi connectivity index (χ2v) is 5.70. The van der Waals surface area contributed by atoms with Crippen LogP contribution in [0, 0.1) is 0 Å². The number of carbonyl (C=O) groups excluding carboxylic acids is 2. The number of benzene rings is 1. The Kier molecular flexibility index (Phi) is 4.48. The number of H-pyrrole nitrogens is 1. The van der Waals surface area contributed by atoms with Crippen LogP contribution in [0.25, 0.3) is 10.6 Å². The van der Waals surface area contributed by atoms with E-state index in [9.17, 15) is 14.7 Å². The molecule has 7 nitrogen and oxygen atoms in total. The highest BCUT2D eigenvalue weighted by Gasteiger charge is 2.11. The molecule has 0 bridgehead atoms. The molecule has 3 aromatic rings. The van der Waals surface area contributed by atoms with Gasteiger partial charge in [-0.25, -0.2) is 5.43 Å². The number of carboxylic acids is 1. The van der Waals surface area contributed by atoms with Gasteiger partial charge in [-0.3, -0.25) is 9.89 Å². The van der Waals surface area contributed by atoms with Gasteiger partial charge in [0.05, 0.1) is 22.8 Å². The third kappa shape index (κ3) is 3.55. The molecule has 0 aliphatic heterocycles. The fraction of sp³-hybridized carbons (Fsp3) is 0. The summed E-state index contributed by atoms with van der Waals surface area (Å²) in [5.41, 5.74) is 4.07. The first kappa shape index (κ1) is 15.6. The lowest BCUT2D eigenvalue weighted by molar-refractivity contribution is -0.255. The Morgan fingerprint density at radius 3 is 2.71 bits per heavy atom. The second-order valence-electron chi connectivity index (χ2n) is 4.75. The van der Waals surface area contributed by atoms with Gasteiger partial charge >= 0.3 is 0 Å². The summed E-state index contributed by atoms with van der Waals surface area (Å²) in [5.74, 6) is -1.69. The lowest BCUT2D eigenvalue weighted by Gasteiger charge is -2.01. The third-order valence-electron chi connectivity index (χ3n) is 3.12. The molecule has 0 aliphatic rings. The van der Waals surface area contributed by atoms with E-state index in [0.29, 0.717) is 5.56 Å². The Hall–Kier alpha value is -3.26. The summed E-state index contributed by atoms with van der Waals surface area (Å²) in [4.78, 5) is 23.6. The molecule has 120 valence electrons. The van der Waals surface area contributed by atoms with Gasteiger partial charge in [-0.05, 0) is 28.6 Å². The number of amides is 1. The standard InChI is InChI=1S/C16H12N4O3S/c21-15(13-8-12(18-19-13)14-2-1-7-24-14)20-17-9-10-3-5-11(6-4-10)16(22)23/h1-9H,(H,18,19)(H,20,21)(H,22,23)/p-1. The molecule has 0 saturated carbocycles. The van der Waals surface area contributed by atoms with E-state index in [-0.39, 0.29) is 11.3 Å². The predicted molar refractivity (Wildman–Crippen MR) is 87.7 cm³/mol. The molecular weight excluding hydrogens is 328 g/mol. The summed E-state index contributed by atoms with van der Waals surface area (Å²) >= 11 is 1.54. The van der Waals surface area contributed by atoms with Gasteiger partial charge in [0.15, 0.2) is 5.69 Å². The minimum atomic E-state index is -1.24. The SMILES string of the molecule is O=C([O-])c1ccc(C=NNC(=O)c2cc(-c3cccs3)[nH]n2)cc1. The maximum Gasteiger partial charge on any atom is 0.291 e. The Morgan fingerprint density at radius 1 is 1.25 bits per heavy atom. The lowest BCUT2D eigenvalue weighted by atomic mass is 10.1. The van der Waals surface area contributed by atoms with Crippen molar-refractivity contribution in [2.24, 2.45) is 5.10 Å². The highest BCUT2D eigenvalue weighted by atomic mass is 32.1. The normalized spacial score (nSPS) is 10.8. The number of nitrogens with one attached hydrogen (secondary N) is 2. The molecule has 0 fully saturated rings. The number of carbonyl (C=O) groups is 2. The average Bonchev–Trinajstić information content (AvgIpc) is 3.26. The zero-order valence-electron chi connectivity index (χ0n) is 12.2. The van der Waals surface area contributed by atoms with Crippen molar-refractivity contribution in [3.05, 3.63) is 64.7 Å². The van der Waals surface area contributed by atoms with Crippen molar-refractivity contribution < 1.29 is 14.7 Å². The molecule has 0 atom stereocenters. The molecule has 24 heavy (non-hydrogen) atoms. The Labute approximate surface area is 140 Å². The maximum atomic E-state index is 12.0. The minimum Gasteiger partial charge on any atom is -0.545 e. The van der Waals surface area contributed by atoms with E-state index >= 15 is 0 Å². The van der Waals surface area contributed by atoms with E-state index in [4.69, 9.17) is 0 Å². The second kappa shape index (κ2) is 6.88. The largest absolute Gasteiger partial charge is 0.545 e. The lowest BCUT2D eigenvalue weighted by Crippen LogP contribution is -2.22. The number of hydrogen-bond acceptors (Lipinski definition) is 6. The van der Waals surface area contributed by atoms with Crippen molar-refractivity contribution in [1.82, 2.24) is 15.6 Å². The highest BCUT2D eigenvalue weighted by molar-refractivity contribution is 7.13. The molecule has 0 saturated heterocycles. The van der Waals surface area contributed by atoms with E-state index in [2.05, 4.69) is 20.7 Å². The van der Waals surface area contributed by atoms with Crippen LogP contribution in [0.3, 0.4) is 0 Å². The van der Waals surface area contributed by atoms with E-state index in [1.165, 1.54) is 18.3 Å². The molecule has 1 amide bonds. The summed E-state index contributed by atoms with van der Waals surface area (Å²) in [7, 11) is 0. The van der Waals surface area contributed by atoms with E-state index < -0.39 is 11.9 Å². The van der Waals surface area contributed by atoms with Crippen LogP contribution in [0.4, 0.5) is 0 Å². The monoisotopic (exact) mass is 339 g/mol. The van der Waals surface area contributed by atoms with Gasteiger partial charge in [0.2, 0.25) is 0 Å². The topological polar surface area (TPSA) is 110 Å². The molecule has 2 heterocycles. The predicted octanol–water partition coefficient (Wildman–Crippen LogP) is 1.27. The van der Waals surface area contributed by atoms with Crippen molar-refractivity contribution in [1.29, 1.82) is 0 Å². The van der Waals surface area contributed by atoms with Crippen LogP contribution in [0.15, 0.2) is 52.9 Å². The molecule has 2 aromatic heterocycles. The molecule has 2 N–H and O–H groups in total. The summed E-state index contributed by atoms with van der Waals surface area (Å²) < 4.78 is 0. The number of hydrazone groups is 1. The average molecular weight is 339 g/mol. The number of rotatable bonds is 5. The number of aromatic amines is 1. The van der Waals surface area contributed by atoms with Crippen molar-refractivity contribution in [3.63, 3.8) is 0 Å². The fourth-order valence-electron chi connectivity index (χ4n) is 1.92. The number of thiophene rings is 1. The van der Waals surface area contributed by atoms with Crippen molar-refractivity contribution in [3.8, 4) is 10.6 Å². The van der Waals surface area contributed by atoms with Crippen LogP contribution in [0.2, 0.25) is 0 Å². The molecule has 0 unspecified atom stereocenters. The summed E-state index contributed by atoms with van der Waals surface area (Å²) in [6.45, 7) is 0. The Bertz CT molecular complexity index is 882. The molecular formula is C16H11N4O3S-. The minimum absolute atomic E-state index is 0.0776. The van der Waals surface area contributed by atoms with Gasteiger partial charge in [-0.1, -0.05) is 30.3 Å². The van der Waals surface area contributed by atoms with E-state index in [0.717, 1.165) is 10.6 Å². The van der Waals surface area contributed by atoms with Crippen LogP contribution < -0.4 is 10.5 Å². The number of hydrogen-bond donors (Lipinski definition) is 2. The number of aromatic nitrogens is 2. The smallest absolute Gasteiger partial charge is 0.291 e. The summed E-state index contributed by atoms with van der Waals surface area (Å²) in [6.07, 6.45) is 1.41. The zero-order valence-corrected chi connectivity index (χ0v) is 13.0. The maximum absolute atomic E-state index is 12.0. The number of nitrogens with zero attached hydrogens (tertiary/aromatic N) is 2. The van der Waals surface area contributed by atoms with Crippen LogP contribution in [0.5, 0.6) is 0 Å². The number of carboxylic acid groups (broad SMARTS) is 1. The molecule has 0 spiro atoms. The van der Waals surface area contributed by atoms with Gasteiger partial charge in [-0.2, -0.15) is 10.2 Å². The zero-order chi connectivity index (χ0) is 16.9. The first-order valence-electron chi connectivity index (χ1n) is 6.87. The van der Waals surface area contributed by atoms with Gasteiger partial charge in [-0.15, -0.1) is 11.3 Å².